The van der Waals surface area contributed by atoms with Crippen LogP contribution in [0.3, 0.4) is 0 Å². The zero-order valence-electron chi connectivity index (χ0n) is 11.8. The monoisotopic (exact) mass is 206 g/mol. The second-order valence-corrected chi connectivity index (χ2v) is 5.92. The molecule has 1 aromatic carbocycles. The normalized spacial score (nSPS) is 23.8. The predicted octanol–water partition coefficient (Wildman–Crippen LogP) is 1.06. The van der Waals surface area contributed by atoms with Crippen molar-refractivity contribution in [3.8, 4) is 0 Å². The van der Waals surface area contributed by atoms with Crippen molar-refractivity contribution < 1.29 is 20.3 Å². The van der Waals surface area contributed by atoms with Crippen LogP contribution >= 0.6 is 0 Å². The Bertz CT molecular complexity index is 460. The third-order valence-electron chi connectivity index (χ3n) is 3.80. The van der Waals surface area contributed by atoms with Crippen LogP contribution in [-0.2, 0) is 12.8 Å². The Labute approximate surface area is 112 Å². The van der Waals surface area contributed by atoms with Gasteiger partial charge in [0.1, 0.15) is 0 Å². The van der Waals surface area contributed by atoms with Gasteiger partial charge in [0.05, 0.1) is 0 Å². The number of fused-ring (bicyclic) bond motifs is 2. The Kier molecular flexibility index (Phi) is 2.85. The SMILES string of the molecule is CC1C=Cc2cc3c(cc21)CC(C)(C)C3.[H-].[Li+]. The first-order valence-electron chi connectivity index (χ1n) is 5.89. The molecule has 0 aromatic heterocycles. The summed E-state index contributed by atoms with van der Waals surface area (Å²) in [6.07, 6.45) is 7.09. The zero-order valence-corrected chi connectivity index (χ0v) is 10.8. The van der Waals surface area contributed by atoms with E-state index < -0.39 is 0 Å². The van der Waals surface area contributed by atoms with Gasteiger partial charge in [0.15, 0.2) is 0 Å². The van der Waals surface area contributed by atoms with E-state index in [2.05, 4.69) is 45.1 Å². The maximum atomic E-state index is 2.45. The van der Waals surface area contributed by atoms with E-state index in [1.165, 1.54) is 24.0 Å². The molecule has 0 N–H and O–H groups in total. The van der Waals surface area contributed by atoms with Crippen molar-refractivity contribution >= 4 is 6.08 Å². The number of allylic oxidation sites excluding steroid dienone is 1. The summed E-state index contributed by atoms with van der Waals surface area (Å²) in [6.45, 7) is 7.03. The van der Waals surface area contributed by atoms with Gasteiger partial charge in [0.25, 0.3) is 0 Å². The molecule has 0 amide bonds. The number of benzene rings is 1. The van der Waals surface area contributed by atoms with Crippen molar-refractivity contribution in [3.63, 3.8) is 0 Å². The molecule has 0 saturated carbocycles. The molecular formula is C15H19Li. The van der Waals surface area contributed by atoms with E-state index in [1.54, 1.807) is 11.1 Å². The van der Waals surface area contributed by atoms with Crippen molar-refractivity contribution in [1.29, 1.82) is 0 Å². The molecule has 80 valence electrons. The molecular weight excluding hydrogens is 187 g/mol. The molecule has 0 heterocycles. The van der Waals surface area contributed by atoms with Gasteiger partial charge >= 0.3 is 18.9 Å². The van der Waals surface area contributed by atoms with Crippen LogP contribution in [0.5, 0.6) is 0 Å². The van der Waals surface area contributed by atoms with Gasteiger partial charge in [0, 0.05) is 0 Å². The summed E-state index contributed by atoms with van der Waals surface area (Å²) >= 11 is 0. The molecule has 0 spiro atoms. The Morgan fingerprint density at radius 2 is 1.81 bits per heavy atom. The average molecular weight is 206 g/mol. The summed E-state index contributed by atoms with van der Waals surface area (Å²) < 4.78 is 0. The summed E-state index contributed by atoms with van der Waals surface area (Å²) in [7, 11) is 0. The average Bonchev–Trinajstić information content (AvgIpc) is 2.62. The molecule has 0 aliphatic heterocycles. The van der Waals surface area contributed by atoms with Crippen molar-refractivity contribution in [2.75, 3.05) is 0 Å². The van der Waals surface area contributed by atoms with Crippen LogP contribution in [0.4, 0.5) is 0 Å². The number of rotatable bonds is 0. The molecule has 0 nitrogen and oxygen atoms in total. The van der Waals surface area contributed by atoms with Crippen molar-refractivity contribution in [2.45, 2.75) is 39.5 Å². The molecule has 1 atom stereocenters. The van der Waals surface area contributed by atoms with Crippen molar-refractivity contribution in [2.24, 2.45) is 5.41 Å². The number of hydrogen-bond donors (Lipinski definition) is 0. The van der Waals surface area contributed by atoms with Gasteiger partial charge < -0.3 is 1.43 Å². The minimum absolute atomic E-state index is 0. The first-order chi connectivity index (χ1) is 7.05. The molecule has 16 heavy (non-hydrogen) atoms. The Balaban J connectivity index is 0.000000722. The van der Waals surface area contributed by atoms with Gasteiger partial charge in [-0.15, -0.1) is 0 Å². The van der Waals surface area contributed by atoms with Crippen LogP contribution < -0.4 is 18.9 Å². The molecule has 0 saturated heterocycles. The first-order valence-corrected chi connectivity index (χ1v) is 5.89. The Hall–Kier alpha value is -0.443. The summed E-state index contributed by atoms with van der Waals surface area (Å²) in [6, 6.07) is 4.86. The van der Waals surface area contributed by atoms with Gasteiger partial charge in [-0.25, -0.2) is 0 Å². The van der Waals surface area contributed by atoms with Crippen LogP contribution in [-0.4, -0.2) is 0 Å². The molecule has 3 rings (SSSR count). The van der Waals surface area contributed by atoms with E-state index in [1.807, 2.05) is 0 Å². The maximum Gasteiger partial charge on any atom is 1.00 e. The van der Waals surface area contributed by atoms with Crippen LogP contribution in [0.2, 0.25) is 0 Å². The van der Waals surface area contributed by atoms with Gasteiger partial charge in [-0.2, -0.15) is 0 Å². The largest absolute Gasteiger partial charge is 1.00 e. The fraction of sp³-hybridized carbons (Fsp3) is 0.467. The molecule has 1 aromatic rings. The van der Waals surface area contributed by atoms with Gasteiger partial charge in [0.2, 0.25) is 0 Å². The van der Waals surface area contributed by atoms with Crippen molar-refractivity contribution in [1.82, 2.24) is 0 Å². The summed E-state index contributed by atoms with van der Waals surface area (Å²) in [4.78, 5) is 0. The summed E-state index contributed by atoms with van der Waals surface area (Å²) in [5.74, 6) is 0.619. The summed E-state index contributed by atoms with van der Waals surface area (Å²) in [5, 5.41) is 0. The maximum absolute atomic E-state index is 2.45. The van der Waals surface area contributed by atoms with E-state index in [0.717, 1.165) is 0 Å². The van der Waals surface area contributed by atoms with Crippen LogP contribution in [0.1, 0.15) is 50.4 Å². The fourth-order valence-corrected chi connectivity index (χ4v) is 3.04. The quantitative estimate of drug-likeness (QED) is 0.557. The Morgan fingerprint density at radius 1 is 1.19 bits per heavy atom. The summed E-state index contributed by atoms with van der Waals surface area (Å²) in [5.41, 5.74) is 6.64. The van der Waals surface area contributed by atoms with E-state index in [4.69, 9.17) is 0 Å². The second-order valence-electron chi connectivity index (χ2n) is 5.92. The predicted molar refractivity (Wildman–Crippen MR) is 66.2 cm³/mol. The van der Waals surface area contributed by atoms with Gasteiger partial charge in [-0.1, -0.05) is 45.1 Å². The van der Waals surface area contributed by atoms with E-state index in [9.17, 15) is 0 Å². The van der Waals surface area contributed by atoms with Crippen LogP contribution in [0, 0.1) is 5.41 Å². The fourth-order valence-electron chi connectivity index (χ4n) is 3.04. The zero-order chi connectivity index (χ0) is 10.6. The van der Waals surface area contributed by atoms with Crippen LogP contribution in [0.25, 0.3) is 6.08 Å². The van der Waals surface area contributed by atoms with Gasteiger partial charge in [-0.05, 0) is 46.4 Å². The smallest absolute Gasteiger partial charge is 1.00 e. The first kappa shape index (κ1) is 12.0. The minimum atomic E-state index is 0. The third kappa shape index (κ3) is 1.79. The van der Waals surface area contributed by atoms with E-state index >= 15 is 0 Å². The minimum Gasteiger partial charge on any atom is -1.00 e. The second kappa shape index (κ2) is 3.79. The molecule has 0 bridgehead atoms. The molecule has 1 unspecified atom stereocenters. The standard InChI is InChI=1S/C15H18.Li.H/c1-10-4-5-11-6-12-8-15(2,3)9-13(12)7-14(10)11;;/h4-7,10H,8-9H2,1-3H3;;/q;+1;-1. The van der Waals surface area contributed by atoms with E-state index in [0.29, 0.717) is 11.3 Å². The molecule has 2 aliphatic rings. The molecule has 2 aliphatic carbocycles. The molecule has 0 fully saturated rings. The van der Waals surface area contributed by atoms with Crippen molar-refractivity contribution in [3.05, 3.63) is 40.5 Å². The Morgan fingerprint density at radius 3 is 2.50 bits per heavy atom. The number of hydrogen-bond acceptors (Lipinski definition) is 0. The topological polar surface area (TPSA) is 0 Å². The van der Waals surface area contributed by atoms with Gasteiger partial charge in [-0.3, -0.25) is 0 Å². The molecule has 1 heteroatoms. The molecule has 0 radical (unpaired) electrons. The third-order valence-corrected chi connectivity index (χ3v) is 3.80. The van der Waals surface area contributed by atoms with Crippen LogP contribution in [0.15, 0.2) is 18.2 Å². The van der Waals surface area contributed by atoms with E-state index in [-0.39, 0.29) is 20.3 Å².